The lowest BCUT2D eigenvalue weighted by molar-refractivity contribution is -0.120. The fourth-order valence-electron chi connectivity index (χ4n) is 2.17. The van der Waals surface area contributed by atoms with E-state index >= 15 is 0 Å². The highest BCUT2D eigenvalue weighted by Gasteiger charge is 2.41. The summed E-state index contributed by atoms with van der Waals surface area (Å²) in [6.45, 7) is 0. The second-order valence-electron chi connectivity index (χ2n) is 3.32. The molecule has 1 aliphatic heterocycles. The second-order valence-corrected chi connectivity index (χ2v) is 3.32. The molecule has 0 radical (unpaired) electrons. The van der Waals surface area contributed by atoms with Gasteiger partial charge in [0.15, 0.2) is 0 Å². The van der Waals surface area contributed by atoms with E-state index < -0.39 is 0 Å². The molecule has 3 heteroatoms. The summed E-state index contributed by atoms with van der Waals surface area (Å²) in [6, 6.07) is 0.571. The molecule has 2 fully saturated rings. The highest BCUT2D eigenvalue weighted by Crippen LogP contribution is 2.34. The zero-order chi connectivity index (χ0) is 7.14. The van der Waals surface area contributed by atoms with Crippen LogP contribution in [-0.2, 0) is 4.79 Å². The smallest absolute Gasteiger partial charge is 0.234 e. The first-order valence-electron chi connectivity index (χ1n) is 3.83. The number of hydrogen-bond acceptors (Lipinski definition) is 2. The maximum atomic E-state index is 10.8. The van der Waals surface area contributed by atoms with Crippen LogP contribution in [0.1, 0.15) is 19.3 Å². The molecule has 1 aliphatic carbocycles. The average molecular weight is 140 g/mol. The van der Waals surface area contributed by atoms with Crippen LogP contribution in [0.4, 0.5) is 0 Å². The van der Waals surface area contributed by atoms with Crippen molar-refractivity contribution < 1.29 is 4.79 Å². The van der Waals surface area contributed by atoms with Crippen LogP contribution in [0.2, 0.25) is 0 Å². The lowest BCUT2D eigenvalue weighted by Gasteiger charge is -2.19. The number of primary amides is 1. The SMILES string of the molecule is NC(=O)[C@@H]1N[C@H]2CC[C@H]1C2. The quantitative estimate of drug-likeness (QED) is 0.521. The molecule has 3 nitrogen and oxygen atoms in total. The summed E-state index contributed by atoms with van der Waals surface area (Å²) in [5, 5.41) is 3.22. The number of carbonyl (C=O) groups is 1. The molecule has 2 rings (SSSR count). The van der Waals surface area contributed by atoms with E-state index in [4.69, 9.17) is 5.73 Å². The van der Waals surface area contributed by atoms with Crippen LogP contribution < -0.4 is 11.1 Å². The largest absolute Gasteiger partial charge is 0.368 e. The number of carbonyl (C=O) groups excluding carboxylic acids is 1. The number of hydrogen-bond donors (Lipinski definition) is 2. The maximum absolute atomic E-state index is 10.8. The molecule has 1 heterocycles. The summed E-state index contributed by atoms with van der Waals surface area (Å²) in [5.74, 6) is 0.370. The van der Waals surface area contributed by atoms with Gasteiger partial charge in [-0.1, -0.05) is 0 Å². The Morgan fingerprint density at radius 2 is 2.30 bits per heavy atom. The van der Waals surface area contributed by atoms with Crippen molar-refractivity contribution in [1.29, 1.82) is 0 Å². The first-order valence-corrected chi connectivity index (χ1v) is 3.83. The average Bonchev–Trinajstić information content (AvgIpc) is 2.44. The molecule has 1 saturated heterocycles. The van der Waals surface area contributed by atoms with Crippen LogP contribution >= 0.6 is 0 Å². The predicted octanol–water partition coefficient (Wildman–Crippen LogP) is -0.388. The monoisotopic (exact) mass is 140 g/mol. The van der Waals surface area contributed by atoms with E-state index in [0.29, 0.717) is 12.0 Å². The molecule has 0 spiro atoms. The lowest BCUT2D eigenvalue weighted by Crippen LogP contribution is -2.45. The molecule has 0 aromatic carbocycles. The summed E-state index contributed by atoms with van der Waals surface area (Å²) in [6.07, 6.45) is 3.58. The Labute approximate surface area is 60.0 Å². The van der Waals surface area contributed by atoms with Gasteiger partial charge in [0, 0.05) is 6.04 Å². The van der Waals surface area contributed by atoms with Crippen molar-refractivity contribution in [3.05, 3.63) is 0 Å². The molecule has 56 valence electrons. The van der Waals surface area contributed by atoms with Gasteiger partial charge in [0.1, 0.15) is 0 Å². The number of fused-ring (bicyclic) bond motifs is 2. The van der Waals surface area contributed by atoms with Crippen molar-refractivity contribution in [2.75, 3.05) is 0 Å². The van der Waals surface area contributed by atoms with Gasteiger partial charge in [-0.05, 0) is 25.2 Å². The molecular formula is C7H12N2O. The Hall–Kier alpha value is -0.570. The minimum Gasteiger partial charge on any atom is -0.368 e. The third-order valence-electron chi connectivity index (χ3n) is 2.67. The number of piperidine rings is 1. The van der Waals surface area contributed by atoms with E-state index in [1.807, 2.05) is 0 Å². The molecule has 3 N–H and O–H groups in total. The van der Waals surface area contributed by atoms with Gasteiger partial charge >= 0.3 is 0 Å². The Balaban J connectivity index is 2.08. The lowest BCUT2D eigenvalue weighted by atomic mass is 10.00. The van der Waals surface area contributed by atoms with Gasteiger partial charge in [-0.3, -0.25) is 4.79 Å². The first kappa shape index (κ1) is 6.16. The summed E-state index contributed by atoms with van der Waals surface area (Å²) < 4.78 is 0. The van der Waals surface area contributed by atoms with Gasteiger partial charge in [0.2, 0.25) is 5.91 Å². The molecule has 2 aliphatic rings. The fourth-order valence-corrected chi connectivity index (χ4v) is 2.17. The van der Waals surface area contributed by atoms with Gasteiger partial charge in [-0.25, -0.2) is 0 Å². The molecule has 2 bridgehead atoms. The third-order valence-corrected chi connectivity index (χ3v) is 2.67. The van der Waals surface area contributed by atoms with E-state index in [-0.39, 0.29) is 11.9 Å². The third kappa shape index (κ3) is 0.736. The molecule has 1 amide bonds. The first-order chi connectivity index (χ1) is 4.77. The summed E-state index contributed by atoms with van der Waals surface area (Å²) >= 11 is 0. The van der Waals surface area contributed by atoms with Crippen molar-refractivity contribution in [1.82, 2.24) is 5.32 Å². The second kappa shape index (κ2) is 1.95. The van der Waals surface area contributed by atoms with Crippen molar-refractivity contribution in [3.63, 3.8) is 0 Å². The number of amides is 1. The summed E-state index contributed by atoms with van der Waals surface area (Å²) in [7, 11) is 0. The van der Waals surface area contributed by atoms with Gasteiger partial charge < -0.3 is 11.1 Å². The Morgan fingerprint density at radius 3 is 2.60 bits per heavy atom. The zero-order valence-electron chi connectivity index (χ0n) is 5.84. The minimum absolute atomic E-state index is 0.0150. The van der Waals surface area contributed by atoms with E-state index in [1.165, 1.54) is 12.8 Å². The number of nitrogens with one attached hydrogen (secondary N) is 1. The van der Waals surface area contributed by atoms with E-state index in [9.17, 15) is 4.79 Å². The summed E-state index contributed by atoms with van der Waals surface area (Å²) in [4.78, 5) is 10.8. The van der Waals surface area contributed by atoms with Crippen LogP contribution in [0.3, 0.4) is 0 Å². The van der Waals surface area contributed by atoms with E-state index in [0.717, 1.165) is 6.42 Å². The normalized spacial score (nSPS) is 44.2. The highest BCUT2D eigenvalue weighted by molar-refractivity contribution is 5.80. The topological polar surface area (TPSA) is 55.1 Å². The highest BCUT2D eigenvalue weighted by atomic mass is 16.1. The van der Waals surface area contributed by atoms with Crippen LogP contribution in [0.25, 0.3) is 0 Å². The molecular weight excluding hydrogens is 128 g/mol. The van der Waals surface area contributed by atoms with Crippen molar-refractivity contribution in [3.8, 4) is 0 Å². The Morgan fingerprint density at radius 1 is 1.50 bits per heavy atom. The van der Waals surface area contributed by atoms with Crippen LogP contribution in [-0.4, -0.2) is 18.0 Å². The van der Waals surface area contributed by atoms with Crippen LogP contribution in [0.5, 0.6) is 0 Å². The van der Waals surface area contributed by atoms with Crippen molar-refractivity contribution in [2.45, 2.75) is 31.3 Å². The predicted molar refractivity (Wildman–Crippen MR) is 37.2 cm³/mol. The molecule has 0 aromatic heterocycles. The van der Waals surface area contributed by atoms with Crippen molar-refractivity contribution >= 4 is 5.91 Å². The van der Waals surface area contributed by atoms with Crippen molar-refractivity contribution in [2.24, 2.45) is 11.7 Å². The van der Waals surface area contributed by atoms with Gasteiger partial charge in [-0.2, -0.15) is 0 Å². The van der Waals surface area contributed by atoms with E-state index in [1.54, 1.807) is 0 Å². The molecule has 0 aromatic rings. The van der Waals surface area contributed by atoms with Gasteiger partial charge in [-0.15, -0.1) is 0 Å². The zero-order valence-corrected chi connectivity index (χ0v) is 5.84. The minimum atomic E-state index is -0.174. The number of rotatable bonds is 1. The van der Waals surface area contributed by atoms with E-state index in [2.05, 4.69) is 5.32 Å². The van der Waals surface area contributed by atoms with Crippen LogP contribution in [0.15, 0.2) is 0 Å². The Kier molecular flexibility index (Phi) is 1.20. The molecule has 1 saturated carbocycles. The maximum Gasteiger partial charge on any atom is 0.234 e. The molecule has 10 heavy (non-hydrogen) atoms. The van der Waals surface area contributed by atoms with Gasteiger partial charge in [0.25, 0.3) is 0 Å². The van der Waals surface area contributed by atoms with Crippen LogP contribution in [0, 0.1) is 5.92 Å². The Bertz CT molecular complexity index is 169. The van der Waals surface area contributed by atoms with Gasteiger partial charge in [0.05, 0.1) is 6.04 Å². The molecule has 0 unspecified atom stereocenters. The standard InChI is InChI=1S/C7H12N2O/c8-7(10)6-4-1-2-5(3-4)9-6/h4-6,9H,1-3H2,(H2,8,10)/t4-,5-,6+/m0/s1. The molecule has 3 atom stereocenters. The number of nitrogens with two attached hydrogens (primary N) is 1. The fraction of sp³-hybridized carbons (Fsp3) is 0.857. The summed E-state index contributed by atoms with van der Waals surface area (Å²) in [5.41, 5.74) is 5.18.